The molecule has 0 aromatic rings. The minimum atomic E-state index is -2.28. The fourth-order valence-electron chi connectivity index (χ4n) is 3.40. The minimum Gasteiger partial charge on any atom is -0.386 e. The summed E-state index contributed by atoms with van der Waals surface area (Å²) in [5.41, 5.74) is 0.550. The first-order chi connectivity index (χ1) is 7.96. The average molecular weight is 259 g/mol. The fraction of sp³-hybridized carbons (Fsp3) is 1.00. The first-order valence-electron chi connectivity index (χ1n) is 6.84. The van der Waals surface area contributed by atoms with E-state index >= 15 is 0 Å². The van der Waals surface area contributed by atoms with Gasteiger partial charge in [0.25, 0.3) is 0 Å². The van der Waals surface area contributed by atoms with Crippen molar-refractivity contribution in [1.82, 2.24) is 4.98 Å². The Balaban J connectivity index is 2.93. The summed E-state index contributed by atoms with van der Waals surface area (Å²) in [4.78, 5) is 3.62. The van der Waals surface area contributed by atoms with Crippen LogP contribution >= 0.6 is 0 Å². The van der Waals surface area contributed by atoms with E-state index in [9.17, 15) is 0 Å². The Labute approximate surface area is 108 Å². The van der Waals surface area contributed by atoms with Crippen LogP contribution in [0.3, 0.4) is 0 Å². The Morgan fingerprint density at radius 2 is 1.53 bits per heavy atom. The van der Waals surface area contributed by atoms with E-state index in [1.165, 1.54) is 19.3 Å². The molecular weight excluding hydrogens is 230 g/mol. The van der Waals surface area contributed by atoms with E-state index in [-0.39, 0.29) is 0 Å². The fourth-order valence-corrected chi connectivity index (χ4v) is 7.18. The molecule has 0 amide bonds. The van der Waals surface area contributed by atoms with Gasteiger partial charge >= 0.3 is 8.72 Å². The van der Waals surface area contributed by atoms with Gasteiger partial charge in [-0.1, -0.05) is 47.0 Å². The predicted octanol–water partition coefficient (Wildman–Crippen LogP) is 3.04. The Kier molecular flexibility index (Phi) is 5.63. The zero-order valence-electron chi connectivity index (χ0n) is 12.2. The summed E-state index contributed by atoms with van der Waals surface area (Å²) in [6.07, 6.45) is 3.95. The molecule has 4 heteroatoms. The van der Waals surface area contributed by atoms with Crippen molar-refractivity contribution in [1.29, 1.82) is 0 Å². The van der Waals surface area contributed by atoms with Gasteiger partial charge in [-0.05, 0) is 17.9 Å². The molecule has 102 valence electrons. The molecule has 0 spiro atoms. The summed E-state index contributed by atoms with van der Waals surface area (Å²) in [6, 6.07) is 0.405. The van der Waals surface area contributed by atoms with Crippen molar-refractivity contribution in [2.45, 2.75) is 58.5 Å². The average Bonchev–Trinajstić information content (AvgIpc) is 2.26. The van der Waals surface area contributed by atoms with Gasteiger partial charge < -0.3 is 8.85 Å². The number of hydrogen-bond acceptors (Lipinski definition) is 3. The van der Waals surface area contributed by atoms with Crippen LogP contribution in [0.2, 0.25) is 5.54 Å². The second-order valence-corrected chi connectivity index (χ2v) is 8.89. The van der Waals surface area contributed by atoms with Gasteiger partial charge in [0.15, 0.2) is 0 Å². The summed E-state index contributed by atoms with van der Waals surface area (Å²) < 4.78 is 11.8. The van der Waals surface area contributed by atoms with Crippen LogP contribution in [-0.2, 0) is 8.85 Å². The third-order valence-corrected chi connectivity index (χ3v) is 8.29. The summed E-state index contributed by atoms with van der Waals surface area (Å²) in [5.74, 6) is 1.38. The molecule has 1 saturated carbocycles. The van der Waals surface area contributed by atoms with Crippen molar-refractivity contribution in [3.63, 3.8) is 0 Å². The standard InChI is InChI=1S/C13H29NO2Si/c1-10(2)14-17(15-5,16-6)13-11(3)8-7-9-12(13)4/h10-14H,7-9H2,1-6H3. The van der Waals surface area contributed by atoms with E-state index in [0.29, 0.717) is 23.4 Å². The predicted molar refractivity (Wildman–Crippen MR) is 74.0 cm³/mol. The zero-order valence-corrected chi connectivity index (χ0v) is 13.2. The van der Waals surface area contributed by atoms with E-state index in [0.717, 1.165) is 0 Å². The molecule has 0 bridgehead atoms. The van der Waals surface area contributed by atoms with Gasteiger partial charge in [-0.2, -0.15) is 0 Å². The first kappa shape index (κ1) is 15.2. The first-order valence-corrected chi connectivity index (χ1v) is 8.74. The van der Waals surface area contributed by atoms with Crippen molar-refractivity contribution in [2.75, 3.05) is 14.2 Å². The van der Waals surface area contributed by atoms with Gasteiger partial charge in [-0.15, -0.1) is 0 Å². The highest BCUT2D eigenvalue weighted by atomic mass is 28.4. The summed E-state index contributed by atoms with van der Waals surface area (Å²) in [5, 5.41) is 0. The number of hydrogen-bond donors (Lipinski definition) is 1. The molecule has 1 rings (SSSR count). The van der Waals surface area contributed by atoms with Crippen molar-refractivity contribution in [3.8, 4) is 0 Å². The number of nitrogens with one attached hydrogen (secondary N) is 1. The van der Waals surface area contributed by atoms with Gasteiger partial charge in [0.1, 0.15) is 0 Å². The van der Waals surface area contributed by atoms with Crippen LogP contribution in [0, 0.1) is 11.8 Å². The molecule has 2 atom stereocenters. The molecule has 0 aliphatic heterocycles. The van der Waals surface area contributed by atoms with Crippen molar-refractivity contribution < 1.29 is 8.85 Å². The van der Waals surface area contributed by atoms with Crippen LogP contribution in [0.15, 0.2) is 0 Å². The highest BCUT2D eigenvalue weighted by Gasteiger charge is 2.51. The maximum atomic E-state index is 5.88. The van der Waals surface area contributed by atoms with Crippen LogP contribution in [-0.4, -0.2) is 29.0 Å². The Hall–Kier alpha value is 0.0969. The smallest absolute Gasteiger partial charge is 0.386 e. The molecule has 17 heavy (non-hydrogen) atoms. The molecule has 0 aromatic heterocycles. The molecule has 0 radical (unpaired) electrons. The van der Waals surface area contributed by atoms with E-state index in [1.54, 1.807) is 14.2 Å². The molecule has 1 aliphatic rings. The molecule has 1 N–H and O–H groups in total. The second-order valence-electron chi connectivity index (χ2n) is 5.79. The molecular formula is C13H29NO2Si. The largest absolute Gasteiger partial charge is 0.428 e. The molecule has 2 unspecified atom stereocenters. The van der Waals surface area contributed by atoms with Crippen LogP contribution in [0.25, 0.3) is 0 Å². The lowest BCUT2D eigenvalue weighted by Crippen LogP contribution is -2.63. The lowest BCUT2D eigenvalue weighted by Gasteiger charge is -2.44. The van der Waals surface area contributed by atoms with E-state index in [1.807, 2.05) is 0 Å². The normalized spacial score (nSPS) is 30.9. The third kappa shape index (κ3) is 3.31. The molecule has 3 nitrogen and oxygen atoms in total. The van der Waals surface area contributed by atoms with Gasteiger partial charge in [0, 0.05) is 19.8 Å². The Morgan fingerprint density at radius 1 is 1.06 bits per heavy atom. The highest BCUT2D eigenvalue weighted by Crippen LogP contribution is 2.44. The minimum absolute atomic E-state index is 0.405. The quantitative estimate of drug-likeness (QED) is 0.770. The van der Waals surface area contributed by atoms with E-state index in [2.05, 4.69) is 32.7 Å². The molecule has 0 aromatic carbocycles. The summed E-state index contributed by atoms with van der Waals surface area (Å²) in [6.45, 7) is 9.03. The van der Waals surface area contributed by atoms with Crippen molar-refractivity contribution >= 4 is 8.72 Å². The molecule has 1 fully saturated rings. The topological polar surface area (TPSA) is 30.5 Å². The van der Waals surface area contributed by atoms with E-state index in [4.69, 9.17) is 8.85 Å². The summed E-state index contributed by atoms with van der Waals surface area (Å²) in [7, 11) is 1.33. The monoisotopic (exact) mass is 259 g/mol. The maximum absolute atomic E-state index is 5.88. The Morgan fingerprint density at radius 3 is 1.88 bits per heavy atom. The molecule has 0 saturated heterocycles. The van der Waals surface area contributed by atoms with Crippen molar-refractivity contribution in [2.24, 2.45) is 11.8 Å². The van der Waals surface area contributed by atoms with Gasteiger partial charge in [-0.3, -0.25) is 4.98 Å². The highest BCUT2D eigenvalue weighted by molar-refractivity contribution is 6.66. The third-order valence-electron chi connectivity index (χ3n) is 4.08. The van der Waals surface area contributed by atoms with Crippen LogP contribution in [0.1, 0.15) is 47.0 Å². The van der Waals surface area contributed by atoms with Gasteiger partial charge in [0.2, 0.25) is 0 Å². The Bertz CT molecular complexity index is 221. The number of rotatable bonds is 5. The summed E-state index contributed by atoms with van der Waals surface area (Å²) >= 11 is 0. The SMILES string of the molecule is CO[Si](NC(C)C)(OC)C1C(C)CCCC1C. The molecule has 1 aliphatic carbocycles. The zero-order chi connectivity index (χ0) is 13.1. The van der Waals surface area contributed by atoms with Gasteiger partial charge in [-0.25, -0.2) is 0 Å². The lowest BCUT2D eigenvalue weighted by atomic mass is 9.83. The molecule has 0 heterocycles. The maximum Gasteiger partial charge on any atom is 0.428 e. The second kappa shape index (κ2) is 6.32. The van der Waals surface area contributed by atoms with Crippen LogP contribution in [0.4, 0.5) is 0 Å². The van der Waals surface area contributed by atoms with Crippen LogP contribution < -0.4 is 4.98 Å². The van der Waals surface area contributed by atoms with E-state index < -0.39 is 8.72 Å². The van der Waals surface area contributed by atoms with Crippen LogP contribution in [0.5, 0.6) is 0 Å². The van der Waals surface area contributed by atoms with Crippen molar-refractivity contribution in [3.05, 3.63) is 0 Å². The van der Waals surface area contributed by atoms with Gasteiger partial charge in [0.05, 0.1) is 0 Å². The lowest BCUT2D eigenvalue weighted by molar-refractivity contribution is 0.160.